The fraction of sp³-hybridized carbons (Fsp3) is 0.237. The molecule has 77 heavy (non-hydrogen) atoms. The Bertz CT molecular complexity index is 2240. The number of hydrogen-bond acceptors (Lipinski definition) is 0. The first-order valence-corrected chi connectivity index (χ1v) is 27.8. The van der Waals surface area contributed by atoms with Gasteiger partial charge in [-0.1, -0.05) is 350 Å². The van der Waals surface area contributed by atoms with Crippen LogP contribution in [-0.4, -0.2) is 0 Å². The summed E-state index contributed by atoms with van der Waals surface area (Å²) in [6.45, 7) is 36.5. The molecule has 0 saturated heterocycles. The van der Waals surface area contributed by atoms with Gasteiger partial charge in [0.15, 0.2) is 0 Å². The summed E-state index contributed by atoms with van der Waals surface area (Å²) in [6.07, 6.45) is 0. The van der Waals surface area contributed by atoms with E-state index < -0.39 is 0 Å². The predicted molar refractivity (Wildman–Crippen MR) is 349 cm³/mol. The van der Waals surface area contributed by atoms with E-state index in [-0.39, 0.29) is 32.7 Å². The Labute approximate surface area is 500 Å². The summed E-state index contributed by atoms with van der Waals surface area (Å²) in [5.74, 6) is 0. The van der Waals surface area contributed by atoms with E-state index in [1.54, 1.807) is 0 Å². The van der Waals surface area contributed by atoms with Gasteiger partial charge in [0.2, 0.25) is 0 Å². The Morgan fingerprint density at radius 2 is 0.338 bits per heavy atom. The Kier molecular flexibility index (Phi) is 65.9. The zero-order chi connectivity index (χ0) is 57.7. The van der Waals surface area contributed by atoms with Crippen LogP contribution in [0.1, 0.15) is 116 Å². The van der Waals surface area contributed by atoms with E-state index in [9.17, 15) is 0 Å². The maximum atomic E-state index is 2.93. The minimum Gasteiger partial charge on any atom is -0.184 e. The first kappa shape index (κ1) is 79.4. The summed E-state index contributed by atoms with van der Waals surface area (Å²) in [5, 5.41) is 2.62. The van der Waals surface area contributed by atoms with E-state index in [1.165, 1.54) is 55.3 Å². The normalized spacial score (nSPS) is 8.03. The molecule has 0 amide bonds. The summed E-state index contributed by atoms with van der Waals surface area (Å²) in [7, 11) is 0. The number of benzene rings is 10. The fourth-order valence-electron chi connectivity index (χ4n) is 5.43. The van der Waals surface area contributed by atoms with Crippen LogP contribution in [0.3, 0.4) is 0 Å². The molecule has 0 aliphatic rings. The van der Waals surface area contributed by atoms with Crippen molar-refractivity contribution in [1.82, 2.24) is 0 Å². The van der Waals surface area contributed by atoms with Crippen molar-refractivity contribution in [3.63, 3.8) is 0 Å². The van der Waals surface area contributed by atoms with Gasteiger partial charge in [-0.25, -0.2) is 0 Å². The van der Waals surface area contributed by atoms with Crippen molar-refractivity contribution in [2.24, 2.45) is 0 Å². The van der Waals surface area contributed by atoms with E-state index in [0.29, 0.717) is 0 Å². The van der Waals surface area contributed by atoms with Gasteiger partial charge in [-0.3, -0.25) is 0 Å². The second-order valence-electron chi connectivity index (χ2n) is 14.9. The van der Waals surface area contributed by atoms with Crippen molar-refractivity contribution in [3.05, 3.63) is 325 Å². The Morgan fingerprint density at radius 1 is 0.182 bits per heavy atom. The third kappa shape index (κ3) is 50.2. The Balaban J connectivity index is -0.000000251. The summed E-state index contributed by atoms with van der Waals surface area (Å²) in [4.78, 5) is 0. The monoisotopic (exact) mass is 1100 g/mol. The van der Waals surface area contributed by atoms with Crippen molar-refractivity contribution in [3.8, 4) is 11.1 Å². The minimum atomic E-state index is 0. The second kappa shape index (κ2) is 63.9. The maximum Gasteiger partial charge on any atom is 0 e. The van der Waals surface area contributed by atoms with Gasteiger partial charge in [-0.05, 0) is 49.6 Å². The predicted octanol–water partition coefficient (Wildman–Crippen LogP) is 23.9. The SMILES string of the molecule is CC.CC.CC.CC.CC.CC.Cc1cc[c-]cc1.Cc1cc[c-]cc1.Cc1ccc(C)cc1.Cc1ccccc1.Cc1ccccc1.[Y].c1ccc(-c2ccccc2)cc1.c1ccc2ccccc2c1.c1ccccc1. The molecule has 10 rings (SSSR count). The minimum absolute atomic E-state index is 0. The standard InChI is InChI=1S/C12H10.C10H8.C8H10.2C7H8.2C7H7.C6H6.6C2H6.Y/c1-3-7-11(8-4-1)12-9-5-2-6-10-12;1-2-6-10-8-4-3-7-9(10)5-1;1-7-3-5-8(2)6-4-7;4*1-7-5-3-2-4-6-7;1-2-4-6-5-3-1;6*1-2;/h1-10H;1-8H;3-6H,1-2H3;2*2-6H,1H3;2*3-6H,1H3;1-6H;6*1-2H3;/q;;;;;2*-1;;;;;;;;. The molecule has 1 radical (unpaired) electrons. The van der Waals surface area contributed by atoms with Crippen LogP contribution in [0.25, 0.3) is 21.9 Å². The number of aryl methyl sites for hydroxylation is 6. The molecule has 0 aromatic heterocycles. The molecular weight excluding hydrogens is 1000 g/mol. The molecule has 10 aromatic carbocycles. The van der Waals surface area contributed by atoms with E-state index in [4.69, 9.17) is 0 Å². The molecule has 0 N–H and O–H groups in total. The Hall–Kier alpha value is -6.44. The van der Waals surface area contributed by atoms with E-state index in [2.05, 4.69) is 199 Å². The molecule has 0 spiro atoms. The van der Waals surface area contributed by atoms with Gasteiger partial charge < -0.3 is 0 Å². The molecule has 0 saturated carbocycles. The van der Waals surface area contributed by atoms with Crippen LogP contribution in [-0.2, 0) is 32.7 Å². The molecule has 0 fully saturated rings. The molecule has 0 unspecified atom stereocenters. The molecule has 0 aliphatic heterocycles. The Morgan fingerprint density at radius 3 is 0.506 bits per heavy atom. The van der Waals surface area contributed by atoms with Crippen molar-refractivity contribution >= 4 is 10.8 Å². The number of hydrogen-bond donors (Lipinski definition) is 0. The molecule has 0 nitrogen and oxygen atoms in total. The van der Waals surface area contributed by atoms with Gasteiger partial charge >= 0.3 is 0 Å². The molecule has 0 bridgehead atoms. The maximum absolute atomic E-state index is 2.93. The van der Waals surface area contributed by atoms with Crippen LogP contribution in [0.5, 0.6) is 0 Å². The van der Waals surface area contributed by atoms with Crippen LogP contribution in [0.4, 0.5) is 0 Å². The topological polar surface area (TPSA) is 0 Å². The van der Waals surface area contributed by atoms with Crippen molar-refractivity contribution in [1.29, 1.82) is 0 Å². The van der Waals surface area contributed by atoms with Crippen LogP contribution < -0.4 is 0 Å². The largest absolute Gasteiger partial charge is 0.184 e. The average Bonchev–Trinajstić information content (AvgIpc) is 3.52. The van der Waals surface area contributed by atoms with Crippen molar-refractivity contribution in [2.75, 3.05) is 0 Å². The first-order valence-electron chi connectivity index (χ1n) is 27.8. The van der Waals surface area contributed by atoms with Gasteiger partial charge in [-0.2, -0.15) is 71.8 Å². The number of rotatable bonds is 1. The summed E-state index contributed by atoms with van der Waals surface area (Å²) in [6, 6.07) is 100. The van der Waals surface area contributed by atoms with Gasteiger partial charge in [0.1, 0.15) is 0 Å². The van der Waals surface area contributed by atoms with E-state index in [1.807, 2.05) is 217 Å². The molecule has 10 aromatic rings. The van der Waals surface area contributed by atoms with Crippen LogP contribution in [0.2, 0.25) is 0 Å². The third-order valence-corrected chi connectivity index (χ3v) is 9.08. The van der Waals surface area contributed by atoms with Crippen molar-refractivity contribution in [2.45, 2.75) is 125 Å². The zero-order valence-electron chi connectivity index (χ0n) is 51.1. The van der Waals surface area contributed by atoms with Crippen molar-refractivity contribution < 1.29 is 32.7 Å². The second-order valence-corrected chi connectivity index (χ2v) is 14.9. The van der Waals surface area contributed by atoms with Gasteiger partial charge in [-0.15, -0.1) is 0 Å². The molecule has 1 heteroatoms. The smallest absolute Gasteiger partial charge is 0 e. The average molecular weight is 1100 g/mol. The molecule has 0 atom stereocenters. The fourth-order valence-corrected chi connectivity index (χ4v) is 5.43. The van der Waals surface area contributed by atoms with Gasteiger partial charge in [0.05, 0.1) is 0 Å². The zero-order valence-corrected chi connectivity index (χ0v) is 54.0. The van der Waals surface area contributed by atoms with Crippen LogP contribution in [0, 0.1) is 53.7 Å². The summed E-state index contributed by atoms with van der Waals surface area (Å²) >= 11 is 0. The van der Waals surface area contributed by atoms with E-state index >= 15 is 0 Å². The summed E-state index contributed by atoms with van der Waals surface area (Å²) < 4.78 is 0. The van der Waals surface area contributed by atoms with Gasteiger partial charge in [0, 0.05) is 32.7 Å². The molecule has 0 heterocycles. The molecular formula is C76H100Y-2. The van der Waals surface area contributed by atoms with Crippen LogP contribution >= 0.6 is 0 Å². The quantitative estimate of drug-likeness (QED) is 0.144. The molecule has 0 aliphatic carbocycles. The van der Waals surface area contributed by atoms with Gasteiger partial charge in [0.25, 0.3) is 0 Å². The first-order chi connectivity index (χ1) is 37.3. The third-order valence-electron chi connectivity index (χ3n) is 9.08. The summed E-state index contributed by atoms with van der Waals surface area (Å²) in [5.41, 5.74) is 10.4. The van der Waals surface area contributed by atoms with Crippen LogP contribution in [0.15, 0.2) is 279 Å². The molecule has 409 valence electrons. The number of fused-ring (bicyclic) bond motifs is 1. The van der Waals surface area contributed by atoms with E-state index in [0.717, 1.165) is 0 Å².